The fourth-order valence-electron chi connectivity index (χ4n) is 4.18. The van der Waals surface area contributed by atoms with Crippen molar-refractivity contribution in [2.24, 2.45) is 0 Å². The zero-order valence-corrected chi connectivity index (χ0v) is 18.1. The van der Waals surface area contributed by atoms with Crippen molar-refractivity contribution in [1.29, 1.82) is 0 Å². The van der Waals surface area contributed by atoms with Crippen LogP contribution in [0, 0.1) is 0 Å². The van der Waals surface area contributed by atoms with Crippen molar-refractivity contribution >= 4 is 5.91 Å². The van der Waals surface area contributed by atoms with Crippen molar-refractivity contribution < 1.29 is 14.6 Å². The number of unbranched alkanes of at least 4 members (excludes halogenated alkanes) is 2. The van der Waals surface area contributed by atoms with Gasteiger partial charge in [0.15, 0.2) is 0 Å². The molecule has 0 saturated heterocycles. The molecule has 31 heavy (non-hydrogen) atoms. The van der Waals surface area contributed by atoms with E-state index in [0.29, 0.717) is 30.1 Å². The Labute approximate surface area is 182 Å². The van der Waals surface area contributed by atoms with Gasteiger partial charge in [-0.3, -0.25) is 9.89 Å². The summed E-state index contributed by atoms with van der Waals surface area (Å²) < 4.78 is 5.85. The molecule has 2 heterocycles. The predicted octanol–water partition coefficient (Wildman–Crippen LogP) is 5.31. The maximum absolute atomic E-state index is 13.3. The van der Waals surface area contributed by atoms with Crippen LogP contribution in [0.4, 0.5) is 0 Å². The topological polar surface area (TPSA) is 78.5 Å². The van der Waals surface area contributed by atoms with E-state index in [0.717, 1.165) is 42.6 Å². The number of para-hydroxylation sites is 1. The molecule has 1 aromatic heterocycles. The molecule has 6 nitrogen and oxygen atoms in total. The maximum Gasteiger partial charge on any atom is 0.273 e. The Morgan fingerprint density at radius 3 is 2.71 bits per heavy atom. The van der Waals surface area contributed by atoms with E-state index in [9.17, 15) is 9.90 Å². The number of aromatic amines is 1. The summed E-state index contributed by atoms with van der Waals surface area (Å²) in [6, 6.07) is 14.8. The van der Waals surface area contributed by atoms with Crippen LogP contribution in [0.1, 0.15) is 67.2 Å². The standard InChI is InChI=1S/C25H29N3O3/c1-3-5-8-14-28-24(17-10-9-11-18(16-17)31-15-4-2)21-22(26-27-23(21)25(28)30)19-12-6-7-13-20(19)29/h6-7,9-13,16,24,29H,3-5,8,14-15H2,1-2H3,(H,26,27). The number of hydrogen-bond donors (Lipinski definition) is 2. The second kappa shape index (κ2) is 9.25. The summed E-state index contributed by atoms with van der Waals surface area (Å²) in [4.78, 5) is 15.2. The minimum Gasteiger partial charge on any atom is -0.507 e. The number of phenols is 1. The van der Waals surface area contributed by atoms with Gasteiger partial charge in [0, 0.05) is 17.7 Å². The number of aromatic nitrogens is 2. The lowest BCUT2D eigenvalue weighted by atomic mass is 9.95. The number of amides is 1. The molecule has 1 aliphatic rings. The zero-order chi connectivity index (χ0) is 21.8. The van der Waals surface area contributed by atoms with E-state index in [4.69, 9.17) is 4.74 Å². The van der Waals surface area contributed by atoms with Crippen LogP contribution in [-0.4, -0.2) is 39.3 Å². The van der Waals surface area contributed by atoms with E-state index in [2.05, 4.69) is 24.0 Å². The van der Waals surface area contributed by atoms with E-state index in [-0.39, 0.29) is 17.7 Å². The third-order valence-corrected chi connectivity index (χ3v) is 5.67. The minimum atomic E-state index is -0.280. The zero-order valence-electron chi connectivity index (χ0n) is 18.1. The molecule has 2 N–H and O–H groups in total. The fraction of sp³-hybridized carbons (Fsp3) is 0.360. The molecule has 6 heteroatoms. The SMILES string of the molecule is CCCCCN1C(=O)c2[nH]nc(-c3ccccc3O)c2C1c1cccc(OCCC)c1. The van der Waals surface area contributed by atoms with Crippen LogP contribution in [0.3, 0.4) is 0 Å². The first-order chi connectivity index (χ1) is 15.2. The summed E-state index contributed by atoms with van der Waals surface area (Å²) in [6.07, 6.45) is 4.02. The number of fused-ring (bicyclic) bond motifs is 1. The number of carbonyl (C=O) groups excluding carboxylic acids is 1. The molecule has 0 bridgehead atoms. The highest BCUT2D eigenvalue weighted by Crippen LogP contribution is 2.44. The van der Waals surface area contributed by atoms with Crippen molar-refractivity contribution in [2.45, 2.75) is 45.6 Å². The van der Waals surface area contributed by atoms with Crippen molar-refractivity contribution in [3.63, 3.8) is 0 Å². The molecule has 3 aromatic rings. The van der Waals surface area contributed by atoms with Crippen LogP contribution in [0.2, 0.25) is 0 Å². The minimum absolute atomic E-state index is 0.0508. The first kappa shape index (κ1) is 21.0. The Morgan fingerprint density at radius 2 is 1.94 bits per heavy atom. The number of hydrogen-bond acceptors (Lipinski definition) is 4. The fourth-order valence-corrected chi connectivity index (χ4v) is 4.18. The van der Waals surface area contributed by atoms with Crippen LogP contribution in [0.5, 0.6) is 11.5 Å². The summed E-state index contributed by atoms with van der Waals surface area (Å²) >= 11 is 0. The monoisotopic (exact) mass is 419 g/mol. The molecule has 1 unspecified atom stereocenters. The number of nitrogens with one attached hydrogen (secondary N) is 1. The van der Waals surface area contributed by atoms with Crippen LogP contribution in [-0.2, 0) is 0 Å². The second-order valence-electron chi connectivity index (χ2n) is 7.91. The van der Waals surface area contributed by atoms with E-state index in [1.165, 1.54) is 0 Å². The van der Waals surface area contributed by atoms with Gasteiger partial charge in [-0.25, -0.2) is 0 Å². The lowest BCUT2D eigenvalue weighted by Crippen LogP contribution is -2.30. The quantitative estimate of drug-likeness (QED) is 0.461. The number of H-pyrrole nitrogens is 1. The molecule has 162 valence electrons. The highest BCUT2D eigenvalue weighted by molar-refractivity contribution is 6.00. The van der Waals surface area contributed by atoms with E-state index in [1.807, 2.05) is 41.3 Å². The van der Waals surface area contributed by atoms with Gasteiger partial charge in [-0.05, 0) is 42.7 Å². The highest BCUT2D eigenvalue weighted by Gasteiger charge is 2.42. The normalized spacial score (nSPS) is 15.4. The number of nitrogens with zero attached hydrogens (tertiary/aromatic N) is 2. The first-order valence-electron chi connectivity index (χ1n) is 11.1. The van der Waals surface area contributed by atoms with E-state index in [1.54, 1.807) is 12.1 Å². The van der Waals surface area contributed by atoms with Gasteiger partial charge in [-0.15, -0.1) is 0 Å². The Balaban J connectivity index is 1.80. The molecule has 0 fully saturated rings. The molecular formula is C25H29N3O3. The van der Waals surface area contributed by atoms with Crippen LogP contribution < -0.4 is 4.74 Å². The molecule has 0 saturated carbocycles. The average molecular weight is 420 g/mol. The van der Waals surface area contributed by atoms with Crippen molar-refractivity contribution in [3.8, 4) is 22.8 Å². The Kier molecular flexibility index (Phi) is 6.26. The summed E-state index contributed by atoms with van der Waals surface area (Å²) in [5.74, 6) is 0.888. The van der Waals surface area contributed by atoms with Crippen molar-refractivity contribution in [2.75, 3.05) is 13.2 Å². The summed E-state index contributed by atoms with van der Waals surface area (Å²) in [6.45, 7) is 5.54. The predicted molar refractivity (Wildman–Crippen MR) is 120 cm³/mol. The third-order valence-electron chi connectivity index (χ3n) is 5.67. The summed E-state index contributed by atoms with van der Waals surface area (Å²) in [5.41, 5.74) is 3.53. The molecule has 1 atom stereocenters. The number of phenolic OH excluding ortho intramolecular Hbond substituents is 1. The third kappa shape index (κ3) is 4.02. The number of ether oxygens (including phenoxy) is 1. The van der Waals surface area contributed by atoms with E-state index < -0.39 is 0 Å². The second-order valence-corrected chi connectivity index (χ2v) is 7.91. The van der Waals surface area contributed by atoms with Crippen LogP contribution in [0.25, 0.3) is 11.3 Å². The maximum atomic E-state index is 13.3. The van der Waals surface area contributed by atoms with Crippen molar-refractivity contribution in [3.05, 3.63) is 65.4 Å². The van der Waals surface area contributed by atoms with Crippen molar-refractivity contribution in [1.82, 2.24) is 15.1 Å². The van der Waals surface area contributed by atoms with Gasteiger partial charge >= 0.3 is 0 Å². The molecule has 0 aliphatic carbocycles. The molecule has 0 spiro atoms. The lowest BCUT2D eigenvalue weighted by Gasteiger charge is -2.26. The van der Waals surface area contributed by atoms with E-state index >= 15 is 0 Å². The van der Waals surface area contributed by atoms with Gasteiger partial charge in [0.1, 0.15) is 22.9 Å². The van der Waals surface area contributed by atoms with Crippen LogP contribution in [0.15, 0.2) is 48.5 Å². The largest absolute Gasteiger partial charge is 0.507 e. The Morgan fingerprint density at radius 1 is 1.10 bits per heavy atom. The number of rotatable bonds is 9. The first-order valence-corrected chi connectivity index (χ1v) is 11.1. The number of benzene rings is 2. The molecular weight excluding hydrogens is 390 g/mol. The van der Waals surface area contributed by atoms with Gasteiger partial charge < -0.3 is 14.7 Å². The highest BCUT2D eigenvalue weighted by atomic mass is 16.5. The average Bonchev–Trinajstić information content (AvgIpc) is 3.32. The lowest BCUT2D eigenvalue weighted by molar-refractivity contribution is 0.0740. The molecule has 1 amide bonds. The van der Waals surface area contributed by atoms with Crippen LogP contribution >= 0.6 is 0 Å². The molecule has 0 radical (unpaired) electrons. The molecule has 1 aliphatic heterocycles. The van der Waals surface area contributed by atoms with Gasteiger partial charge in [0.25, 0.3) is 5.91 Å². The molecule has 4 rings (SSSR count). The smallest absolute Gasteiger partial charge is 0.273 e. The van der Waals surface area contributed by atoms with Gasteiger partial charge in [0.05, 0.1) is 12.6 Å². The Bertz CT molecular complexity index is 1060. The number of aromatic hydroxyl groups is 1. The summed E-state index contributed by atoms with van der Waals surface area (Å²) in [7, 11) is 0. The van der Waals surface area contributed by atoms with Gasteiger partial charge in [0.2, 0.25) is 0 Å². The summed E-state index contributed by atoms with van der Waals surface area (Å²) in [5, 5.41) is 17.8. The Hall–Kier alpha value is -3.28. The molecule has 2 aromatic carbocycles. The van der Waals surface area contributed by atoms with Gasteiger partial charge in [-0.1, -0.05) is 51.0 Å². The van der Waals surface area contributed by atoms with Gasteiger partial charge in [-0.2, -0.15) is 5.10 Å². The number of carbonyl (C=O) groups is 1.